The maximum Gasteiger partial charge on any atom is 0.253 e. The Balaban J connectivity index is 2.97. The van der Waals surface area contributed by atoms with Crippen LogP contribution in [-0.2, 0) is 6.54 Å². The molecule has 0 amide bonds. The van der Waals surface area contributed by atoms with Crippen LogP contribution in [0.25, 0.3) is 0 Å². The van der Waals surface area contributed by atoms with Gasteiger partial charge in [0.05, 0.1) is 0 Å². The third kappa shape index (κ3) is 3.66. The molecular weight excluding hydrogens is 214 g/mol. The molecule has 0 bridgehead atoms. The molecule has 0 spiro atoms. The predicted molar refractivity (Wildman–Crippen MR) is 70.3 cm³/mol. The summed E-state index contributed by atoms with van der Waals surface area (Å²) in [4.78, 5) is 16.3. The van der Waals surface area contributed by atoms with Crippen molar-refractivity contribution in [3.8, 4) is 0 Å². The summed E-state index contributed by atoms with van der Waals surface area (Å²) in [6, 6.07) is 1.90. The van der Waals surface area contributed by atoms with Crippen molar-refractivity contribution in [1.82, 2.24) is 14.9 Å². The van der Waals surface area contributed by atoms with E-state index in [1.165, 1.54) is 0 Å². The molecule has 0 aliphatic carbocycles. The first kappa shape index (κ1) is 13.9. The van der Waals surface area contributed by atoms with Gasteiger partial charge < -0.3 is 5.32 Å². The first-order chi connectivity index (χ1) is 7.95. The molecule has 1 unspecified atom stereocenters. The van der Waals surface area contributed by atoms with E-state index in [1.54, 1.807) is 10.6 Å². The largest absolute Gasteiger partial charge is 0.312 e. The van der Waals surface area contributed by atoms with Gasteiger partial charge in [-0.2, -0.15) is 0 Å². The fourth-order valence-corrected chi connectivity index (χ4v) is 1.96. The molecular formula is C13H23N3O. The number of hydrogen-bond donors (Lipinski definition) is 1. The van der Waals surface area contributed by atoms with Crippen LogP contribution in [0, 0.1) is 19.8 Å². The SMILES string of the molecule is CCNC(Cn1c(C)nc(C)cc1=O)C(C)C. The molecule has 0 aliphatic heterocycles. The number of nitrogens with zero attached hydrogens (tertiary/aromatic N) is 2. The van der Waals surface area contributed by atoms with Crippen LogP contribution >= 0.6 is 0 Å². The van der Waals surface area contributed by atoms with Crippen LogP contribution in [0.5, 0.6) is 0 Å². The van der Waals surface area contributed by atoms with Crippen molar-refractivity contribution in [2.45, 2.75) is 47.2 Å². The average Bonchev–Trinajstić information content (AvgIpc) is 2.21. The van der Waals surface area contributed by atoms with E-state index in [-0.39, 0.29) is 5.56 Å². The molecule has 1 aromatic heterocycles. The number of aryl methyl sites for hydroxylation is 2. The fraction of sp³-hybridized carbons (Fsp3) is 0.692. The monoisotopic (exact) mass is 237 g/mol. The Morgan fingerprint density at radius 3 is 2.53 bits per heavy atom. The predicted octanol–water partition coefficient (Wildman–Crippen LogP) is 1.49. The van der Waals surface area contributed by atoms with Crippen LogP contribution in [0.4, 0.5) is 0 Å². The van der Waals surface area contributed by atoms with Crippen LogP contribution < -0.4 is 10.9 Å². The highest BCUT2D eigenvalue weighted by Gasteiger charge is 2.14. The number of aromatic nitrogens is 2. The Bertz CT molecular complexity index is 423. The van der Waals surface area contributed by atoms with E-state index in [4.69, 9.17) is 0 Å². The molecule has 0 saturated carbocycles. The van der Waals surface area contributed by atoms with Gasteiger partial charge in [0.15, 0.2) is 0 Å². The van der Waals surface area contributed by atoms with Crippen LogP contribution in [0.3, 0.4) is 0 Å². The highest BCUT2D eigenvalue weighted by molar-refractivity contribution is 5.02. The smallest absolute Gasteiger partial charge is 0.253 e. The first-order valence-corrected chi connectivity index (χ1v) is 6.24. The van der Waals surface area contributed by atoms with E-state index in [9.17, 15) is 4.79 Å². The maximum atomic E-state index is 11.9. The van der Waals surface area contributed by atoms with Crippen molar-refractivity contribution in [3.63, 3.8) is 0 Å². The molecule has 1 aromatic rings. The average molecular weight is 237 g/mol. The second-order valence-electron chi connectivity index (χ2n) is 4.80. The van der Waals surface area contributed by atoms with Gasteiger partial charge in [-0.05, 0) is 26.3 Å². The molecule has 1 atom stereocenters. The quantitative estimate of drug-likeness (QED) is 0.844. The lowest BCUT2D eigenvalue weighted by Crippen LogP contribution is -2.41. The van der Waals surface area contributed by atoms with Gasteiger partial charge in [0, 0.05) is 24.3 Å². The van der Waals surface area contributed by atoms with Gasteiger partial charge in [0.25, 0.3) is 5.56 Å². The van der Waals surface area contributed by atoms with E-state index in [1.807, 2.05) is 13.8 Å². The Morgan fingerprint density at radius 1 is 1.41 bits per heavy atom. The molecule has 0 aromatic carbocycles. The highest BCUT2D eigenvalue weighted by atomic mass is 16.1. The van der Waals surface area contributed by atoms with E-state index in [0.717, 1.165) is 18.1 Å². The molecule has 96 valence electrons. The number of likely N-dealkylation sites (N-methyl/N-ethyl adjacent to an activating group) is 1. The number of rotatable bonds is 5. The van der Waals surface area contributed by atoms with Crippen LogP contribution in [0.2, 0.25) is 0 Å². The summed E-state index contributed by atoms with van der Waals surface area (Å²) in [6.07, 6.45) is 0. The third-order valence-electron chi connectivity index (χ3n) is 2.98. The summed E-state index contributed by atoms with van der Waals surface area (Å²) in [6.45, 7) is 11.7. The van der Waals surface area contributed by atoms with Crippen molar-refractivity contribution < 1.29 is 0 Å². The summed E-state index contributed by atoms with van der Waals surface area (Å²) >= 11 is 0. The Kier molecular flexibility index (Phi) is 4.87. The molecule has 0 saturated heterocycles. The van der Waals surface area contributed by atoms with Gasteiger partial charge >= 0.3 is 0 Å². The van der Waals surface area contributed by atoms with Gasteiger partial charge in [0.1, 0.15) is 5.82 Å². The molecule has 0 radical (unpaired) electrons. The van der Waals surface area contributed by atoms with Gasteiger partial charge in [-0.15, -0.1) is 0 Å². The zero-order chi connectivity index (χ0) is 13.0. The second kappa shape index (κ2) is 5.96. The van der Waals surface area contributed by atoms with Crippen LogP contribution in [0.15, 0.2) is 10.9 Å². The topological polar surface area (TPSA) is 46.9 Å². The summed E-state index contributed by atoms with van der Waals surface area (Å²) in [5, 5.41) is 3.41. The lowest BCUT2D eigenvalue weighted by atomic mass is 10.0. The molecule has 4 heteroatoms. The molecule has 0 fully saturated rings. The first-order valence-electron chi connectivity index (χ1n) is 6.24. The lowest BCUT2D eigenvalue weighted by Gasteiger charge is -2.23. The minimum atomic E-state index is 0.0403. The standard InChI is InChI=1S/C13H23N3O/c1-6-14-12(9(2)3)8-16-11(5)15-10(4)7-13(16)17/h7,9,12,14H,6,8H2,1-5H3. The third-order valence-corrected chi connectivity index (χ3v) is 2.98. The normalized spacial score (nSPS) is 13.1. The van der Waals surface area contributed by atoms with E-state index in [0.29, 0.717) is 18.5 Å². The van der Waals surface area contributed by atoms with Gasteiger partial charge in [-0.25, -0.2) is 4.98 Å². The van der Waals surface area contributed by atoms with Crippen molar-refractivity contribution in [2.75, 3.05) is 6.54 Å². The van der Waals surface area contributed by atoms with Gasteiger partial charge in [-0.3, -0.25) is 9.36 Å². The van der Waals surface area contributed by atoms with Crippen molar-refractivity contribution >= 4 is 0 Å². The molecule has 0 aliphatic rings. The Hall–Kier alpha value is -1.16. The fourth-order valence-electron chi connectivity index (χ4n) is 1.96. The highest BCUT2D eigenvalue weighted by Crippen LogP contribution is 2.05. The minimum absolute atomic E-state index is 0.0403. The van der Waals surface area contributed by atoms with Crippen LogP contribution in [-0.4, -0.2) is 22.1 Å². The Labute approximate surface area is 103 Å². The molecule has 17 heavy (non-hydrogen) atoms. The summed E-state index contributed by atoms with van der Waals surface area (Å²) in [7, 11) is 0. The van der Waals surface area contributed by atoms with Crippen molar-refractivity contribution in [1.29, 1.82) is 0 Å². The van der Waals surface area contributed by atoms with Gasteiger partial charge in [-0.1, -0.05) is 20.8 Å². The molecule has 1 N–H and O–H groups in total. The van der Waals surface area contributed by atoms with E-state index < -0.39 is 0 Å². The molecule has 1 rings (SSSR count). The van der Waals surface area contributed by atoms with Crippen molar-refractivity contribution in [2.24, 2.45) is 5.92 Å². The van der Waals surface area contributed by atoms with E-state index in [2.05, 4.69) is 31.1 Å². The molecule has 1 heterocycles. The number of nitrogens with one attached hydrogen (secondary N) is 1. The summed E-state index contributed by atoms with van der Waals surface area (Å²) in [5.74, 6) is 1.28. The zero-order valence-corrected chi connectivity index (χ0v) is 11.4. The summed E-state index contributed by atoms with van der Waals surface area (Å²) < 4.78 is 1.75. The molecule has 4 nitrogen and oxygen atoms in total. The van der Waals surface area contributed by atoms with Crippen LogP contribution in [0.1, 0.15) is 32.3 Å². The van der Waals surface area contributed by atoms with Crippen molar-refractivity contribution in [3.05, 3.63) is 27.9 Å². The Morgan fingerprint density at radius 2 is 2.06 bits per heavy atom. The summed E-state index contributed by atoms with van der Waals surface area (Å²) in [5.41, 5.74) is 0.826. The minimum Gasteiger partial charge on any atom is -0.312 e. The lowest BCUT2D eigenvalue weighted by molar-refractivity contribution is 0.353. The van der Waals surface area contributed by atoms with E-state index >= 15 is 0 Å². The maximum absolute atomic E-state index is 11.9. The van der Waals surface area contributed by atoms with Gasteiger partial charge in [0.2, 0.25) is 0 Å². The zero-order valence-electron chi connectivity index (χ0n) is 11.4. The second-order valence-corrected chi connectivity index (χ2v) is 4.80. The number of hydrogen-bond acceptors (Lipinski definition) is 3.